The molecule has 3 aromatic rings. The van der Waals surface area contributed by atoms with Crippen LogP contribution < -0.4 is 19.7 Å². The number of halogens is 1. The number of amides is 2. The number of nitrogens with one attached hydrogen (secondary N) is 1. The molecule has 1 N–H and O–H groups in total. The molecule has 0 aliphatic carbocycles. The van der Waals surface area contributed by atoms with Crippen LogP contribution in [0.15, 0.2) is 66.7 Å². The molecule has 1 aliphatic heterocycles. The zero-order valence-electron chi connectivity index (χ0n) is 21.0. The molecule has 0 radical (unpaired) electrons. The van der Waals surface area contributed by atoms with Crippen molar-refractivity contribution < 1.29 is 23.5 Å². The number of hydrogen-bond acceptors (Lipinski definition) is 4. The fraction of sp³-hybridized carbons (Fsp3) is 0.310. The number of benzene rings is 3. The second-order valence-electron chi connectivity index (χ2n) is 9.71. The van der Waals surface area contributed by atoms with Crippen LogP contribution in [0.3, 0.4) is 0 Å². The van der Waals surface area contributed by atoms with Crippen molar-refractivity contribution in [2.45, 2.75) is 45.7 Å². The molecule has 1 aliphatic rings. The third-order valence-corrected chi connectivity index (χ3v) is 5.83. The lowest BCUT2D eigenvalue weighted by atomic mass is 9.98. The van der Waals surface area contributed by atoms with Crippen molar-refractivity contribution in [3.05, 3.63) is 89.2 Å². The summed E-state index contributed by atoms with van der Waals surface area (Å²) in [5, 5.41) is 3.01. The summed E-state index contributed by atoms with van der Waals surface area (Å²) in [6.07, 6.45) is 0.651. The molecule has 1 atom stereocenters. The van der Waals surface area contributed by atoms with Gasteiger partial charge in [-0.25, -0.2) is 4.39 Å². The third kappa shape index (κ3) is 5.51. The van der Waals surface area contributed by atoms with Crippen LogP contribution in [0.2, 0.25) is 0 Å². The van der Waals surface area contributed by atoms with Gasteiger partial charge in [-0.1, -0.05) is 37.3 Å². The number of carbonyl (C=O) groups is 2. The first-order valence-electron chi connectivity index (χ1n) is 12.1. The molecule has 7 heteroatoms. The van der Waals surface area contributed by atoms with Gasteiger partial charge in [0.05, 0.1) is 0 Å². The number of carbonyl (C=O) groups excluding carboxylic acids is 2. The lowest BCUT2D eigenvalue weighted by molar-refractivity contribution is -0.123. The van der Waals surface area contributed by atoms with Crippen molar-refractivity contribution in [3.63, 3.8) is 0 Å². The number of fused-ring (bicyclic) bond motifs is 1. The van der Waals surface area contributed by atoms with Crippen LogP contribution in [0.5, 0.6) is 11.5 Å². The van der Waals surface area contributed by atoms with Gasteiger partial charge in [-0.15, -0.1) is 0 Å². The molecule has 0 saturated carbocycles. The maximum atomic E-state index is 14.2. The van der Waals surface area contributed by atoms with E-state index in [0.717, 1.165) is 5.56 Å². The molecule has 0 bridgehead atoms. The van der Waals surface area contributed by atoms with E-state index in [1.165, 1.54) is 17.0 Å². The van der Waals surface area contributed by atoms with Gasteiger partial charge in [0.2, 0.25) is 5.91 Å². The number of anilines is 1. The Bertz CT molecular complexity index is 1250. The monoisotopic (exact) mass is 490 g/mol. The van der Waals surface area contributed by atoms with Gasteiger partial charge in [0.25, 0.3) is 5.91 Å². The molecule has 0 unspecified atom stereocenters. The SMILES string of the molecule is CCc1ccccc1N(C(=O)c1ccc2c(c1)OCCO2)[C@@H](C(=O)NC(C)(C)C)c1ccc(F)cc1. The van der Waals surface area contributed by atoms with E-state index in [-0.39, 0.29) is 11.8 Å². The summed E-state index contributed by atoms with van der Waals surface area (Å²) in [5.41, 5.74) is 1.80. The van der Waals surface area contributed by atoms with E-state index in [0.29, 0.717) is 47.9 Å². The molecule has 0 fully saturated rings. The highest BCUT2D eigenvalue weighted by atomic mass is 19.1. The Balaban J connectivity index is 1.89. The fourth-order valence-corrected chi connectivity index (χ4v) is 4.23. The first-order chi connectivity index (χ1) is 17.2. The van der Waals surface area contributed by atoms with Crippen LogP contribution in [0.1, 0.15) is 55.2 Å². The summed E-state index contributed by atoms with van der Waals surface area (Å²) in [4.78, 5) is 29.5. The molecule has 0 spiro atoms. The van der Waals surface area contributed by atoms with Crippen molar-refractivity contribution in [1.29, 1.82) is 0 Å². The minimum absolute atomic E-state index is 0.348. The second kappa shape index (κ2) is 10.4. The quantitative estimate of drug-likeness (QED) is 0.498. The topological polar surface area (TPSA) is 67.9 Å². The Labute approximate surface area is 211 Å². The summed E-state index contributed by atoms with van der Waals surface area (Å²) >= 11 is 0. The first kappa shape index (κ1) is 25.2. The highest BCUT2D eigenvalue weighted by Crippen LogP contribution is 2.36. The Kier molecular flexibility index (Phi) is 7.29. The zero-order chi connectivity index (χ0) is 25.9. The van der Waals surface area contributed by atoms with Gasteiger partial charge in [0, 0.05) is 16.8 Å². The van der Waals surface area contributed by atoms with E-state index >= 15 is 0 Å². The number of ether oxygens (including phenoxy) is 2. The molecule has 4 rings (SSSR count). The standard InChI is InChI=1S/C29H31FN2O4/c1-5-19-8-6-7-9-23(19)32(28(34)21-12-15-24-25(18-21)36-17-16-35-24)26(27(33)31-29(2,3)4)20-10-13-22(30)14-11-20/h6-15,18,26H,5,16-17H2,1-4H3,(H,31,33)/t26-/m1/s1. The molecule has 188 valence electrons. The van der Waals surface area contributed by atoms with E-state index in [9.17, 15) is 14.0 Å². The molecule has 1 heterocycles. The summed E-state index contributed by atoms with van der Waals surface area (Å²) in [5.74, 6) is -0.128. The lowest BCUT2D eigenvalue weighted by Crippen LogP contribution is -2.49. The summed E-state index contributed by atoms with van der Waals surface area (Å²) in [7, 11) is 0. The smallest absolute Gasteiger partial charge is 0.259 e. The van der Waals surface area contributed by atoms with Crippen LogP contribution in [-0.4, -0.2) is 30.6 Å². The highest BCUT2D eigenvalue weighted by molar-refractivity contribution is 6.10. The summed E-state index contributed by atoms with van der Waals surface area (Å²) in [6, 6.07) is 17.1. The Hall–Kier alpha value is -3.87. The third-order valence-electron chi connectivity index (χ3n) is 5.83. The second-order valence-corrected chi connectivity index (χ2v) is 9.71. The maximum Gasteiger partial charge on any atom is 0.259 e. The minimum atomic E-state index is -1.04. The molecular formula is C29H31FN2O4. The van der Waals surface area contributed by atoms with Crippen LogP contribution >= 0.6 is 0 Å². The van der Waals surface area contributed by atoms with Gasteiger partial charge in [0.1, 0.15) is 25.1 Å². The van der Waals surface area contributed by atoms with Gasteiger partial charge >= 0.3 is 0 Å². The van der Waals surface area contributed by atoms with E-state index in [2.05, 4.69) is 5.32 Å². The van der Waals surface area contributed by atoms with E-state index in [1.807, 2.05) is 52.0 Å². The van der Waals surface area contributed by atoms with Crippen molar-refractivity contribution in [1.82, 2.24) is 5.32 Å². The normalized spacial score (nSPS) is 13.6. The number of hydrogen-bond donors (Lipinski definition) is 1. The fourth-order valence-electron chi connectivity index (χ4n) is 4.23. The molecule has 2 amide bonds. The molecule has 3 aromatic carbocycles. The Morgan fingerprint density at radius 2 is 1.64 bits per heavy atom. The molecule has 6 nitrogen and oxygen atoms in total. The van der Waals surface area contributed by atoms with Crippen molar-refractivity contribution in [2.75, 3.05) is 18.1 Å². The zero-order valence-corrected chi connectivity index (χ0v) is 21.0. The predicted octanol–water partition coefficient (Wildman–Crippen LogP) is 5.46. The molecule has 0 saturated heterocycles. The molecule has 0 aromatic heterocycles. The van der Waals surface area contributed by atoms with E-state index in [1.54, 1.807) is 30.3 Å². The van der Waals surface area contributed by atoms with Crippen LogP contribution in [0.4, 0.5) is 10.1 Å². The average molecular weight is 491 g/mol. The van der Waals surface area contributed by atoms with Gasteiger partial charge in [-0.05, 0) is 74.7 Å². The average Bonchev–Trinajstić information content (AvgIpc) is 2.86. The summed E-state index contributed by atoms with van der Waals surface area (Å²) < 4.78 is 25.2. The van der Waals surface area contributed by atoms with Crippen LogP contribution in [0.25, 0.3) is 0 Å². The van der Waals surface area contributed by atoms with Crippen LogP contribution in [0, 0.1) is 5.82 Å². The van der Waals surface area contributed by atoms with E-state index < -0.39 is 17.4 Å². The predicted molar refractivity (Wildman–Crippen MR) is 137 cm³/mol. The largest absolute Gasteiger partial charge is 0.486 e. The van der Waals surface area contributed by atoms with Crippen molar-refractivity contribution >= 4 is 17.5 Å². The Morgan fingerprint density at radius 1 is 0.972 bits per heavy atom. The summed E-state index contributed by atoms with van der Waals surface area (Å²) in [6.45, 7) is 8.45. The van der Waals surface area contributed by atoms with Gasteiger partial charge in [-0.2, -0.15) is 0 Å². The van der Waals surface area contributed by atoms with Gasteiger partial charge in [0.15, 0.2) is 11.5 Å². The maximum absolute atomic E-state index is 14.2. The van der Waals surface area contributed by atoms with Crippen molar-refractivity contribution in [2.24, 2.45) is 0 Å². The first-order valence-corrected chi connectivity index (χ1v) is 12.1. The number of nitrogens with zero attached hydrogens (tertiary/aromatic N) is 1. The number of para-hydroxylation sites is 1. The van der Waals surface area contributed by atoms with E-state index in [4.69, 9.17) is 9.47 Å². The number of rotatable bonds is 6. The van der Waals surface area contributed by atoms with Crippen LogP contribution in [-0.2, 0) is 11.2 Å². The lowest BCUT2D eigenvalue weighted by Gasteiger charge is -2.35. The van der Waals surface area contributed by atoms with Gasteiger partial charge < -0.3 is 14.8 Å². The molecular weight excluding hydrogens is 459 g/mol. The van der Waals surface area contributed by atoms with Gasteiger partial charge in [-0.3, -0.25) is 14.5 Å². The Morgan fingerprint density at radius 3 is 2.31 bits per heavy atom. The highest BCUT2D eigenvalue weighted by Gasteiger charge is 2.36. The number of aryl methyl sites for hydroxylation is 1. The van der Waals surface area contributed by atoms with Crippen molar-refractivity contribution in [3.8, 4) is 11.5 Å². The molecule has 36 heavy (non-hydrogen) atoms. The minimum Gasteiger partial charge on any atom is -0.486 e.